The number of hydrogen-bond donors (Lipinski definition) is 1. The lowest BCUT2D eigenvalue weighted by Gasteiger charge is -2.06. The lowest BCUT2D eigenvalue weighted by molar-refractivity contribution is 0.0470. The molecule has 1 N–H and O–H groups in total. The van der Waals surface area contributed by atoms with Gasteiger partial charge in [0.2, 0.25) is 0 Å². The predicted octanol–water partition coefficient (Wildman–Crippen LogP) is 2.81. The lowest BCUT2D eigenvalue weighted by Crippen LogP contribution is -2.13. The van der Waals surface area contributed by atoms with E-state index in [1.807, 2.05) is 30.3 Å². The van der Waals surface area contributed by atoms with Gasteiger partial charge in [-0.15, -0.1) is 0 Å². The number of benzene rings is 1. The number of aldehydes is 1. The molecule has 0 unspecified atom stereocenters. The third kappa shape index (κ3) is 3.03. The summed E-state index contributed by atoms with van der Waals surface area (Å²) < 4.78 is 5.72. The minimum Gasteiger partial charge on any atom is -0.461 e. The Morgan fingerprint density at radius 3 is 2.55 bits per heavy atom. The first kappa shape index (κ1) is 15.8. The van der Waals surface area contributed by atoms with Crippen molar-refractivity contribution in [3.05, 3.63) is 58.4 Å². The van der Waals surface area contributed by atoms with Gasteiger partial charge in [-0.1, -0.05) is 30.3 Å². The molecule has 0 aliphatic heterocycles. The van der Waals surface area contributed by atoms with E-state index in [1.165, 1.54) is 0 Å². The van der Waals surface area contributed by atoms with Gasteiger partial charge in [-0.2, -0.15) is 4.73 Å². The molecular weight excluding hydrogens is 282 g/mol. The Labute approximate surface area is 129 Å². The van der Waals surface area contributed by atoms with Crippen LogP contribution < -0.4 is 0 Å². The molecule has 0 fully saturated rings. The molecule has 2 rings (SSSR count). The molecule has 0 aliphatic rings. The molecule has 0 atom stereocenters. The summed E-state index contributed by atoms with van der Waals surface area (Å²) in [5.74, 6) is -0.628. The maximum atomic E-state index is 11.9. The van der Waals surface area contributed by atoms with E-state index in [4.69, 9.17) is 4.74 Å². The number of ether oxygens (including phenoxy) is 1. The Morgan fingerprint density at radius 2 is 1.95 bits per heavy atom. The number of aromatic nitrogens is 1. The number of carbonyl (C=O) groups is 2. The van der Waals surface area contributed by atoms with E-state index in [0.29, 0.717) is 35.9 Å². The van der Waals surface area contributed by atoms with Crippen LogP contribution in [0.25, 0.3) is 0 Å². The summed E-state index contributed by atoms with van der Waals surface area (Å²) in [4.78, 5) is 23.3. The third-order valence-electron chi connectivity index (χ3n) is 3.62. The van der Waals surface area contributed by atoms with Crippen LogP contribution in [0.3, 0.4) is 0 Å². The second-order valence-electron chi connectivity index (χ2n) is 4.97. The second-order valence-corrected chi connectivity index (χ2v) is 4.97. The third-order valence-corrected chi connectivity index (χ3v) is 3.62. The van der Waals surface area contributed by atoms with Crippen LogP contribution >= 0.6 is 0 Å². The average molecular weight is 301 g/mol. The zero-order chi connectivity index (χ0) is 16.1. The molecule has 0 amide bonds. The van der Waals surface area contributed by atoms with Crippen molar-refractivity contribution >= 4 is 12.3 Å². The van der Waals surface area contributed by atoms with Gasteiger partial charge in [0.25, 0.3) is 0 Å². The van der Waals surface area contributed by atoms with Gasteiger partial charge < -0.3 is 9.94 Å². The van der Waals surface area contributed by atoms with Gasteiger partial charge >= 0.3 is 5.97 Å². The highest BCUT2D eigenvalue weighted by molar-refractivity contribution is 5.94. The first-order valence-corrected chi connectivity index (χ1v) is 7.19. The van der Waals surface area contributed by atoms with Crippen molar-refractivity contribution in [2.24, 2.45) is 0 Å². The lowest BCUT2D eigenvalue weighted by atomic mass is 10.0. The largest absolute Gasteiger partial charge is 0.461 e. The van der Waals surface area contributed by atoms with Crippen LogP contribution in [-0.2, 0) is 17.6 Å². The first-order valence-electron chi connectivity index (χ1n) is 7.19. The molecular formula is C17H19NO4. The number of nitrogens with zero attached hydrogens (tertiary/aromatic N) is 1. The van der Waals surface area contributed by atoms with Gasteiger partial charge in [0.05, 0.1) is 12.3 Å². The Hall–Kier alpha value is -2.56. The van der Waals surface area contributed by atoms with Crippen molar-refractivity contribution in [1.82, 2.24) is 4.73 Å². The van der Waals surface area contributed by atoms with Crippen LogP contribution in [0.2, 0.25) is 0 Å². The van der Waals surface area contributed by atoms with Gasteiger partial charge in [0.15, 0.2) is 12.0 Å². The number of esters is 1. The summed E-state index contributed by atoms with van der Waals surface area (Å²) >= 11 is 0. The fourth-order valence-electron chi connectivity index (χ4n) is 2.50. The number of aryl methyl sites for hydroxylation is 1. The molecule has 5 heteroatoms. The predicted molar refractivity (Wildman–Crippen MR) is 81.5 cm³/mol. The van der Waals surface area contributed by atoms with Crippen LogP contribution in [0.4, 0.5) is 0 Å². The number of hydrogen-bond acceptors (Lipinski definition) is 4. The smallest absolute Gasteiger partial charge is 0.358 e. The highest BCUT2D eigenvalue weighted by Crippen LogP contribution is 2.22. The fourth-order valence-corrected chi connectivity index (χ4v) is 2.50. The maximum absolute atomic E-state index is 11.9. The van der Waals surface area contributed by atoms with Crippen molar-refractivity contribution in [1.29, 1.82) is 0 Å². The molecule has 0 spiro atoms. The molecule has 0 saturated carbocycles. The van der Waals surface area contributed by atoms with Gasteiger partial charge in [-0.05, 0) is 37.8 Å². The first-order chi connectivity index (χ1) is 10.6. The molecule has 1 heterocycles. The summed E-state index contributed by atoms with van der Waals surface area (Å²) in [5.41, 5.74) is 2.34. The molecule has 116 valence electrons. The number of carbonyl (C=O) groups excluding carboxylic acids is 2. The summed E-state index contributed by atoms with van der Waals surface area (Å²) in [6.45, 7) is 3.53. The highest BCUT2D eigenvalue weighted by Gasteiger charge is 2.25. The van der Waals surface area contributed by atoms with Crippen molar-refractivity contribution in [3.8, 4) is 0 Å². The van der Waals surface area contributed by atoms with Crippen molar-refractivity contribution < 1.29 is 19.5 Å². The molecule has 0 bridgehead atoms. The molecule has 2 aromatic rings. The Morgan fingerprint density at radius 1 is 1.27 bits per heavy atom. The minimum absolute atomic E-state index is 0.0204. The van der Waals surface area contributed by atoms with E-state index in [0.717, 1.165) is 10.3 Å². The quantitative estimate of drug-likeness (QED) is 0.506. The van der Waals surface area contributed by atoms with E-state index in [1.54, 1.807) is 13.8 Å². The minimum atomic E-state index is -0.628. The van der Waals surface area contributed by atoms with Crippen LogP contribution in [-0.4, -0.2) is 28.8 Å². The van der Waals surface area contributed by atoms with Gasteiger partial charge in [0, 0.05) is 5.56 Å². The molecule has 0 radical (unpaired) electrons. The summed E-state index contributed by atoms with van der Waals surface area (Å²) in [6, 6.07) is 9.75. The standard InChI is InChI=1S/C17H19NO4/c1-3-22-17(20)16-12(2)14(11-19)15(18(16)21)10-9-13-7-5-4-6-8-13/h4-8,11,21H,3,9-10H2,1-2H3. The molecule has 0 aliphatic carbocycles. The van der Waals surface area contributed by atoms with Crippen molar-refractivity contribution in [3.63, 3.8) is 0 Å². The molecule has 0 saturated heterocycles. The SMILES string of the molecule is CCOC(=O)c1c(C)c(C=O)c(CCc2ccccc2)n1O. The maximum Gasteiger partial charge on any atom is 0.358 e. The molecule has 1 aromatic carbocycles. The zero-order valence-corrected chi connectivity index (χ0v) is 12.7. The van der Waals surface area contributed by atoms with Gasteiger partial charge in [-0.25, -0.2) is 4.79 Å². The van der Waals surface area contributed by atoms with E-state index >= 15 is 0 Å². The van der Waals surface area contributed by atoms with Crippen LogP contribution in [0.15, 0.2) is 30.3 Å². The van der Waals surface area contributed by atoms with Gasteiger partial charge in [0.1, 0.15) is 0 Å². The molecule has 22 heavy (non-hydrogen) atoms. The van der Waals surface area contributed by atoms with Gasteiger partial charge in [-0.3, -0.25) is 4.79 Å². The normalized spacial score (nSPS) is 10.5. The van der Waals surface area contributed by atoms with E-state index in [9.17, 15) is 14.8 Å². The second kappa shape index (κ2) is 6.93. The van der Waals surface area contributed by atoms with Crippen molar-refractivity contribution in [2.45, 2.75) is 26.7 Å². The highest BCUT2D eigenvalue weighted by atomic mass is 16.5. The molecule has 5 nitrogen and oxygen atoms in total. The number of rotatable bonds is 6. The monoisotopic (exact) mass is 301 g/mol. The average Bonchev–Trinajstić information content (AvgIpc) is 2.76. The zero-order valence-electron chi connectivity index (χ0n) is 12.7. The summed E-state index contributed by atoms with van der Waals surface area (Å²) in [6.07, 6.45) is 1.79. The summed E-state index contributed by atoms with van der Waals surface area (Å²) in [5, 5.41) is 10.3. The van der Waals surface area contributed by atoms with Crippen molar-refractivity contribution in [2.75, 3.05) is 6.61 Å². The Bertz CT molecular complexity index is 674. The summed E-state index contributed by atoms with van der Waals surface area (Å²) in [7, 11) is 0. The van der Waals surface area contributed by atoms with E-state index < -0.39 is 5.97 Å². The van der Waals surface area contributed by atoms with E-state index in [-0.39, 0.29) is 12.3 Å². The fraction of sp³-hybridized carbons (Fsp3) is 0.294. The van der Waals surface area contributed by atoms with Crippen LogP contribution in [0.1, 0.15) is 44.6 Å². The topological polar surface area (TPSA) is 68.5 Å². The van der Waals surface area contributed by atoms with Crippen LogP contribution in [0.5, 0.6) is 0 Å². The van der Waals surface area contributed by atoms with Crippen LogP contribution in [0, 0.1) is 6.92 Å². The van der Waals surface area contributed by atoms with E-state index in [2.05, 4.69) is 0 Å². The Balaban J connectivity index is 2.32. The molecule has 1 aromatic heterocycles. The Kier molecular flexibility index (Phi) is 4.99.